The molecule has 6 rings (SSSR count). The Hall–Kier alpha value is -4.60. The van der Waals surface area contributed by atoms with Crippen LogP contribution in [0.2, 0.25) is 5.02 Å². The zero-order chi connectivity index (χ0) is 29.8. The molecule has 5 aromatic rings. The van der Waals surface area contributed by atoms with Crippen molar-refractivity contribution in [3.8, 4) is 22.7 Å². The fourth-order valence-corrected chi connectivity index (χ4v) is 6.58. The van der Waals surface area contributed by atoms with Crippen molar-refractivity contribution >= 4 is 41.0 Å². The number of methoxy groups -OCH3 is 1. The molecule has 0 fully saturated rings. The number of carbonyl (C=O) groups is 2. The van der Waals surface area contributed by atoms with Crippen LogP contribution in [0.4, 0.5) is 5.82 Å². The maximum atomic E-state index is 13.9. The number of fused-ring (bicyclic) bond motifs is 1. The second-order valence-corrected chi connectivity index (χ2v) is 11.3. The van der Waals surface area contributed by atoms with Crippen molar-refractivity contribution in [1.29, 1.82) is 0 Å². The van der Waals surface area contributed by atoms with E-state index >= 15 is 0 Å². The van der Waals surface area contributed by atoms with Gasteiger partial charge < -0.3 is 10.1 Å². The average molecular weight is 610 g/mol. The number of aromatic nitrogens is 3. The Morgan fingerprint density at radius 3 is 2.51 bits per heavy atom. The number of para-hydroxylation sites is 2. The van der Waals surface area contributed by atoms with Crippen LogP contribution in [0.1, 0.15) is 22.1 Å². The summed E-state index contributed by atoms with van der Waals surface area (Å²) < 4.78 is 7.47. The number of hydrogen-bond donors (Lipinski definition) is 1. The number of benzene rings is 3. The fraction of sp³-hybridized carbons (Fsp3) is 0.152. The molecule has 2 amide bonds. The van der Waals surface area contributed by atoms with Crippen molar-refractivity contribution in [2.45, 2.75) is 11.8 Å². The third-order valence-corrected chi connectivity index (χ3v) is 8.69. The highest BCUT2D eigenvalue weighted by Crippen LogP contribution is 2.50. The first kappa shape index (κ1) is 28.5. The lowest BCUT2D eigenvalue weighted by molar-refractivity contribution is -0.123. The number of carbonyl (C=O) groups excluding carboxylic acids is 2. The molecular formula is C33H28ClN5O3S. The number of anilines is 1. The zero-order valence-corrected chi connectivity index (χ0v) is 24.9. The Labute approximate surface area is 258 Å². The lowest BCUT2D eigenvalue weighted by atomic mass is 9.99. The first-order valence-corrected chi connectivity index (χ1v) is 15.1. The molecule has 2 aromatic heterocycles. The first-order chi connectivity index (χ1) is 21.0. The van der Waals surface area contributed by atoms with Crippen molar-refractivity contribution in [3.05, 3.63) is 125 Å². The maximum Gasteiger partial charge on any atom is 0.240 e. The molecule has 216 valence electrons. The van der Waals surface area contributed by atoms with Gasteiger partial charge in [-0.05, 0) is 30.3 Å². The number of thioether (sulfide) groups is 1. The zero-order valence-electron chi connectivity index (χ0n) is 23.3. The Bertz CT molecular complexity index is 1760. The molecule has 0 bridgehead atoms. The third kappa shape index (κ3) is 5.86. The van der Waals surface area contributed by atoms with E-state index in [1.807, 2.05) is 91.0 Å². The Morgan fingerprint density at radius 1 is 1.00 bits per heavy atom. The predicted octanol–water partition coefficient (Wildman–Crippen LogP) is 6.08. The molecule has 3 heterocycles. The number of halogens is 1. The van der Waals surface area contributed by atoms with Crippen LogP contribution in [0.25, 0.3) is 16.9 Å². The highest BCUT2D eigenvalue weighted by atomic mass is 35.5. The standard InChI is InChI=1S/C33H28ClN5O3S/c1-42-27-17-8-5-14-24(27)32-30-31(22-11-3-2-4-12-22)37-39(26-16-7-6-15-25(26)34)33(30)38(29(41)21-43-32)20-28(40)36-19-23-13-9-10-18-35-23/h2-18,32H,19-21H2,1H3,(H,36,40)/t32-/m0/s1. The monoisotopic (exact) mass is 609 g/mol. The molecule has 0 aliphatic carbocycles. The summed E-state index contributed by atoms with van der Waals surface area (Å²) in [4.78, 5) is 33.1. The normalized spacial score (nSPS) is 14.6. The molecule has 0 spiro atoms. The van der Waals surface area contributed by atoms with Gasteiger partial charge in [-0.15, -0.1) is 11.8 Å². The molecular weight excluding hydrogens is 582 g/mol. The molecule has 1 atom stereocenters. The maximum absolute atomic E-state index is 13.9. The van der Waals surface area contributed by atoms with E-state index in [0.29, 0.717) is 28.0 Å². The molecule has 8 nitrogen and oxygen atoms in total. The van der Waals surface area contributed by atoms with Crippen LogP contribution in [-0.2, 0) is 16.1 Å². The lowest BCUT2D eigenvalue weighted by Gasteiger charge is -2.24. The van der Waals surface area contributed by atoms with Crippen molar-refractivity contribution in [1.82, 2.24) is 20.1 Å². The fourth-order valence-electron chi connectivity index (χ4n) is 5.14. The number of nitrogens with one attached hydrogen (secondary N) is 1. The minimum Gasteiger partial charge on any atom is -0.496 e. The second-order valence-electron chi connectivity index (χ2n) is 9.83. The second kappa shape index (κ2) is 12.7. The van der Waals surface area contributed by atoms with Crippen molar-refractivity contribution < 1.29 is 14.3 Å². The quantitative estimate of drug-likeness (QED) is 0.229. The number of rotatable bonds is 8. The van der Waals surface area contributed by atoms with Gasteiger partial charge in [0.05, 0.1) is 46.8 Å². The highest BCUT2D eigenvalue weighted by Gasteiger charge is 2.38. The smallest absolute Gasteiger partial charge is 0.240 e. The van der Waals surface area contributed by atoms with E-state index < -0.39 is 0 Å². The summed E-state index contributed by atoms with van der Waals surface area (Å²) in [5.74, 6) is 0.792. The molecule has 0 saturated heterocycles. The van der Waals surface area contributed by atoms with Gasteiger partial charge in [0.2, 0.25) is 11.8 Å². The van der Waals surface area contributed by atoms with Crippen molar-refractivity contribution in [2.75, 3.05) is 24.3 Å². The van der Waals surface area contributed by atoms with Crippen LogP contribution in [0.15, 0.2) is 103 Å². The summed E-state index contributed by atoms with van der Waals surface area (Å²) in [6.45, 7) is 0.0361. The molecule has 10 heteroatoms. The summed E-state index contributed by atoms with van der Waals surface area (Å²) in [7, 11) is 1.63. The van der Waals surface area contributed by atoms with Gasteiger partial charge in [-0.1, -0.05) is 78.3 Å². The van der Waals surface area contributed by atoms with Gasteiger partial charge in [0.15, 0.2) is 0 Å². The Balaban J connectivity index is 1.55. The number of amides is 2. The van der Waals surface area contributed by atoms with Crippen molar-refractivity contribution in [2.24, 2.45) is 0 Å². The summed E-state index contributed by atoms with van der Waals surface area (Å²) in [6.07, 6.45) is 1.68. The highest BCUT2D eigenvalue weighted by molar-refractivity contribution is 8.00. The van der Waals surface area contributed by atoms with Gasteiger partial charge in [0.1, 0.15) is 18.1 Å². The molecule has 1 aliphatic rings. The van der Waals surface area contributed by atoms with Crippen LogP contribution in [-0.4, -0.2) is 46.0 Å². The number of nitrogens with zero attached hydrogens (tertiary/aromatic N) is 4. The van der Waals surface area contributed by atoms with Gasteiger partial charge in [0, 0.05) is 22.9 Å². The average Bonchev–Trinajstić information content (AvgIpc) is 3.37. The topological polar surface area (TPSA) is 89.3 Å². The minimum absolute atomic E-state index is 0.141. The number of ether oxygens (including phenoxy) is 1. The lowest BCUT2D eigenvalue weighted by Crippen LogP contribution is -2.42. The van der Waals surface area contributed by atoms with Gasteiger partial charge in [-0.3, -0.25) is 19.5 Å². The van der Waals surface area contributed by atoms with Crippen LogP contribution < -0.4 is 15.0 Å². The van der Waals surface area contributed by atoms with Gasteiger partial charge in [-0.25, -0.2) is 4.68 Å². The van der Waals surface area contributed by atoms with E-state index in [2.05, 4.69) is 10.3 Å². The molecule has 0 unspecified atom stereocenters. The van der Waals surface area contributed by atoms with E-state index in [1.54, 1.807) is 24.1 Å². The molecule has 43 heavy (non-hydrogen) atoms. The Morgan fingerprint density at radius 2 is 1.74 bits per heavy atom. The van der Waals surface area contributed by atoms with Crippen LogP contribution in [0, 0.1) is 0 Å². The van der Waals surface area contributed by atoms with Gasteiger partial charge in [-0.2, -0.15) is 5.10 Å². The third-order valence-electron chi connectivity index (χ3n) is 7.13. The largest absolute Gasteiger partial charge is 0.496 e. The van der Waals surface area contributed by atoms with Crippen LogP contribution in [0.3, 0.4) is 0 Å². The van der Waals surface area contributed by atoms with E-state index in [4.69, 9.17) is 21.4 Å². The molecule has 0 saturated carbocycles. The van der Waals surface area contributed by atoms with Crippen molar-refractivity contribution in [3.63, 3.8) is 0 Å². The summed E-state index contributed by atoms with van der Waals surface area (Å²) >= 11 is 8.21. The predicted molar refractivity (Wildman–Crippen MR) is 170 cm³/mol. The summed E-state index contributed by atoms with van der Waals surface area (Å²) in [6, 6.07) is 30.5. The molecule has 3 aromatic carbocycles. The summed E-state index contributed by atoms with van der Waals surface area (Å²) in [5, 5.41) is 8.14. The summed E-state index contributed by atoms with van der Waals surface area (Å²) in [5.41, 5.74) is 4.58. The van der Waals surface area contributed by atoms with Gasteiger partial charge in [0.25, 0.3) is 0 Å². The van der Waals surface area contributed by atoms with E-state index in [-0.39, 0.29) is 35.9 Å². The number of hydrogen-bond acceptors (Lipinski definition) is 6. The molecule has 0 radical (unpaired) electrons. The van der Waals surface area contributed by atoms with Gasteiger partial charge >= 0.3 is 0 Å². The first-order valence-electron chi connectivity index (χ1n) is 13.7. The van der Waals surface area contributed by atoms with Crippen LogP contribution in [0.5, 0.6) is 5.75 Å². The number of pyridine rings is 1. The Kier molecular flexibility index (Phi) is 8.44. The molecule has 1 aliphatic heterocycles. The SMILES string of the molecule is COc1ccccc1[C@@H]1SCC(=O)N(CC(=O)NCc2ccccn2)c2c1c(-c1ccccc1)nn2-c1ccccc1Cl. The van der Waals surface area contributed by atoms with E-state index in [9.17, 15) is 9.59 Å². The minimum atomic E-state index is -0.330. The molecule has 1 N–H and O–H groups in total. The van der Waals surface area contributed by atoms with E-state index in [0.717, 1.165) is 22.4 Å². The van der Waals surface area contributed by atoms with E-state index in [1.165, 1.54) is 16.7 Å². The van der Waals surface area contributed by atoms with Crippen LogP contribution >= 0.6 is 23.4 Å².